The van der Waals surface area contributed by atoms with Crippen LogP contribution in [0.5, 0.6) is 5.75 Å². The second-order valence-corrected chi connectivity index (χ2v) is 15.9. The van der Waals surface area contributed by atoms with E-state index in [-0.39, 0.29) is 17.4 Å². The van der Waals surface area contributed by atoms with Crippen molar-refractivity contribution in [1.29, 1.82) is 0 Å². The van der Waals surface area contributed by atoms with Crippen molar-refractivity contribution in [1.82, 2.24) is 25.0 Å². The van der Waals surface area contributed by atoms with Crippen LogP contribution in [0, 0.1) is 0 Å². The highest BCUT2D eigenvalue weighted by Gasteiger charge is 2.54. The molecule has 2 amide bonds. The Bertz CT molecular complexity index is 1210. The van der Waals surface area contributed by atoms with E-state index in [0.29, 0.717) is 22.2 Å². The lowest BCUT2D eigenvalue weighted by Crippen LogP contribution is -2.71. The zero-order valence-electron chi connectivity index (χ0n) is 20.3. The smallest absolute Gasteiger partial charge is 0.341 e. The van der Waals surface area contributed by atoms with Crippen molar-refractivity contribution in [3.63, 3.8) is 0 Å². The topological polar surface area (TPSA) is 153 Å². The summed E-state index contributed by atoms with van der Waals surface area (Å²) in [7, 11) is -0.403. The van der Waals surface area contributed by atoms with E-state index in [1.54, 1.807) is 23.0 Å². The number of phenolic OH excluding ortho intramolecular Hbond substituents is 1. The number of nitrogens with zero attached hydrogens (tertiary/aromatic N) is 4. The average molecular weight is 549 g/mol. The van der Waals surface area contributed by atoms with Crippen molar-refractivity contribution in [2.75, 3.05) is 11.5 Å². The van der Waals surface area contributed by atoms with Crippen LogP contribution >= 0.6 is 23.5 Å². The highest BCUT2D eigenvalue weighted by Crippen LogP contribution is 2.42. The Kier molecular flexibility index (Phi) is 7.50. The minimum Gasteiger partial charge on any atom is -0.515 e. The summed E-state index contributed by atoms with van der Waals surface area (Å²) in [5.41, 5.74) is 7.60. The molecule has 2 aromatic rings. The third-order valence-electron chi connectivity index (χ3n) is 5.52. The van der Waals surface area contributed by atoms with Crippen molar-refractivity contribution >= 4 is 49.6 Å². The van der Waals surface area contributed by atoms with Gasteiger partial charge in [0.1, 0.15) is 35.2 Å². The molecule has 14 heteroatoms. The summed E-state index contributed by atoms with van der Waals surface area (Å²) < 4.78 is 7.54. The molecule has 1 saturated heterocycles. The van der Waals surface area contributed by atoms with Crippen molar-refractivity contribution in [2.24, 2.45) is 12.8 Å². The maximum absolute atomic E-state index is 13.2. The second kappa shape index (κ2) is 10.3. The largest absolute Gasteiger partial charge is 0.515 e. The van der Waals surface area contributed by atoms with Gasteiger partial charge in [0.15, 0.2) is 5.16 Å². The van der Waals surface area contributed by atoms with Crippen molar-refractivity contribution in [3.05, 3.63) is 47.4 Å². The summed E-state index contributed by atoms with van der Waals surface area (Å²) in [5, 5.41) is 20.4. The van der Waals surface area contributed by atoms with E-state index in [2.05, 4.69) is 15.5 Å². The molecule has 36 heavy (non-hydrogen) atoms. The van der Waals surface area contributed by atoms with Gasteiger partial charge in [-0.25, -0.2) is 4.79 Å². The third-order valence-corrected chi connectivity index (χ3v) is 8.78. The van der Waals surface area contributed by atoms with Crippen LogP contribution < -0.4 is 11.1 Å². The summed E-state index contributed by atoms with van der Waals surface area (Å²) in [4.78, 5) is 40.6. The molecular formula is C22H28N6O5S2Si. The standard InChI is InChI=1S/C22H28N6O5S2Si/c1-27-11-24-26-22(27)35-10-13-9-34-20-16(19(31)28(20)17(13)21(32)33-36(2,3)4)25-18(30)15(23)12-5-7-14(29)8-6-12/h5-8,11,15-16,20,29H,9-10,23H2,1-4H3,(H,25,30)/t15?,16?,20-/m0/s1. The number of aromatic hydroxyl groups is 1. The van der Waals surface area contributed by atoms with E-state index >= 15 is 0 Å². The first-order chi connectivity index (χ1) is 17.0. The molecule has 0 spiro atoms. The summed E-state index contributed by atoms with van der Waals surface area (Å²) in [5.74, 6) is -0.430. The van der Waals surface area contributed by atoms with Crippen LogP contribution in [0.2, 0.25) is 19.6 Å². The second-order valence-electron chi connectivity index (χ2n) is 9.43. The van der Waals surface area contributed by atoms with Gasteiger partial charge in [0.2, 0.25) is 14.2 Å². The van der Waals surface area contributed by atoms with Gasteiger partial charge in [-0.3, -0.25) is 14.5 Å². The molecule has 4 rings (SSSR count). The first-order valence-corrected chi connectivity index (χ1v) is 16.6. The Labute approximate surface area is 218 Å². The van der Waals surface area contributed by atoms with Gasteiger partial charge in [0.05, 0.1) is 0 Å². The molecule has 0 radical (unpaired) electrons. The lowest BCUT2D eigenvalue weighted by atomic mass is 10.0. The third kappa shape index (κ3) is 5.45. The van der Waals surface area contributed by atoms with Crippen molar-refractivity contribution < 1.29 is 23.9 Å². The molecule has 3 heterocycles. The average Bonchev–Trinajstić information content (AvgIpc) is 3.23. The van der Waals surface area contributed by atoms with Gasteiger partial charge in [0, 0.05) is 18.6 Å². The van der Waals surface area contributed by atoms with E-state index < -0.39 is 37.7 Å². The first kappa shape index (κ1) is 26.3. The molecule has 11 nitrogen and oxygen atoms in total. The fraction of sp³-hybridized carbons (Fsp3) is 0.409. The van der Waals surface area contributed by atoms with Gasteiger partial charge in [-0.1, -0.05) is 23.9 Å². The van der Waals surface area contributed by atoms with E-state index in [1.165, 1.54) is 40.6 Å². The van der Waals surface area contributed by atoms with Gasteiger partial charge in [-0.2, -0.15) is 0 Å². The Hall–Kier alpha value is -2.81. The summed E-state index contributed by atoms with van der Waals surface area (Å²) >= 11 is 2.89. The maximum atomic E-state index is 13.2. The molecular weight excluding hydrogens is 520 g/mol. The number of benzene rings is 1. The Morgan fingerprint density at radius 1 is 1.33 bits per heavy atom. The number of amides is 2. The van der Waals surface area contributed by atoms with Gasteiger partial charge in [0.25, 0.3) is 5.91 Å². The van der Waals surface area contributed by atoms with Crippen LogP contribution in [0.25, 0.3) is 0 Å². The molecule has 0 bridgehead atoms. The number of nitrogens with two attached hydrogens (primary N) is 1. The van der Waals surface area contributed by atoms with E-state index in [9.17, 15) is 19.5 Å². The zero-order valence-corrected chi connectivity index (χ0v) is 22.9. The van der Waals surface area contributed by atoms with Gasteiger partial charge < -0.3 is 25.2 Å². The lowest BCUT2D eigenvalue weighted by Gasteiger charge is -2.50. The lowest BCUT2D eigenvalue weighted by molar-refractivity contribution is -0.150. The number of fused-ring (bicyclic) bond motifs is 1. The van der Waals surface area contributed by atoms with Crippen LogP contribution in [-0.2, 0) is 25.9 Å². The Balaban J connectivity index is 1.52. The number of phenols is 1. The van der Waals surface area contributed by atoms with Crippen LogP contribution in [0.3, 0.4) is 0 Å². The molecule has 2 aliphatic rings. The molecule has 2 aliphatic heterocycles. The van der Waals surface area contributed by atoms with Gasteiger partial charge in [-0.15, -0.1) is 22.0 Å². The summed E-state index contributed by atoms with van der Waals surface area (Å²) in [6.07, 6.45) is 1.60. The number of β-lactam (4-membered cyclic amide) rings is 1. The highest BCUT2D eigenvalue weighted by atomic mass is 32.2. The van der Waals surface area contributed by atoms with Crippen LogP contribution in [0.15, 0.2) is 47.0 Å². The van der Waals surface area contributed by atoms with Crippen molar-refractivity contribution in [2.45, 2.75) is 42.3 Å². The Morgan fingerprint density at radius 3 is 2.64 bits per heavy atom. The fourth-order valence-electron chi connectivity index (χ4n) is 3.74. The van der Waals surface area contributed by atoms with Crippen LogP contribution in [0.1, 0.15) is 11.6 Å². The molecule has 1 fully saturated rings. The normalized spacial score (nSPS) is 20.5. The molecule has 192 valence electrons. The predicted molar refractivity (Wildman–Crippen MR) is 138 cm³/mol. The number of carbonyl (C=O) groups is 3. The summed E-state index contributed by atoms with van der Waals surface area (Å²) in [6, 6.07) is 4.17. The predicted octanol–water partition coefficient (Wildman–Crippen LogP) is 1.34. The highest BCUT2D eigenvalue weighted by molar-refractivity contribution is 8.01. The first-order valence-electron chi connectivity index (χ1n) is 11.2. The number of thioether (sulfide) groups is 2. The van der Waals surface area contributed by atoms with Crippen molar-refractivity contribution in [3.8, 4) is 5.75 Å². The molecule has 0 saturated carbocycles. The molecule has 1 aromatic heterocycles. The van der Waals surface area contributed by atoms with Crippen LogP contribution in [-0.4, -0.2) is 73.8 Å². The number of aromatic nitrogens is 3. The number of carbonyl (C=O) groups excluding carboxylic acids is 3. The fourth-order valence-corrected chi connectivity index (χ4v) is 6.77. The van der Waals surface area contributed by atoms with Gasteiger partial charge in [-0.05, 0) is 42.9 Å². The number of rotatable bonds is 8. The van der Waals surface area contributed by atoms with Crippen LogP contribution in [0.4, 0.5) is 0 Å². The molecule has 0 aliphatic carbocycles. The number of hydrogen-bond acceptors (Lipinski definition) is 10. The zero-order chi connectivity index (χ0) is 26.2. The Morgan fingerprint density at radius 2 is 2.03 bits per heavy atom. The monoisotopic (exact) mass is 548 g/mol. The number of hydrogen-bond donors (Lipinski definition) is 3. The molecule has 2 unspecified atom stereocenters. The molecule has 3 atom stereocenters. The number of nitrogens with one attached hydrogen (secondary N) is 1. The number of aryl methyl sites for hydroxylation is 1. The molecule has 4 N–H and O–H groups in total. The van der Waals surface area contributed by atoms with E-state index in [4.69, 9.17) is 10.2 Å². The van der Waals surface area contributed by atoms with Gasteiger partial charge >= 0.3 is 5.97 Å². The summed E-state index contributed by atoms with van der Waals surface area (Å²) in [6.45, 7) is 5.71. The minimum atomic E-state index is -2.23. The van der Waals surface area contributed by atoms with E-state index in [0.717, 1.165) is 5.57 Å². The SMILES string of the molecule is Cn1cnnc1SCC1=C(C(=O)O[Si](C)(C)C)N2C(=O)C(NC(=O)C(N)c3ccc(O)cc3)[C@@H]2SC1. The molecule has 1 aromatic carbocycles. The quantitative estimate of drug-likeness (QED) is 0.250. The minimum absolute atomic E-state index is 0.0624. The maximum Gasteiger partial charge on any atom is 0.341 e. The van der Waals surface area contributed by atoms with E-state index in [1.807, 2.05) is 26.7 Å².